The van der Waals surface area contributed by atoms with E-state index in [0.717, 1.165) is 25.2 Å². The van der Waals surface area contributed by atoms with Crippen LogP contribution in [0.3, 0.4) is 0 Å². The molecule has 0 radical (unpaired) electrons. The molecule has 2 heterocycles. The number of rotatable bonds is 4. The normalized spacial score (nSPS) is 18.9. The number of piperidine rings is 1. The number of anilines is 2. The molecule has 2 N–H and O–H groups in total. The van der Waals surface area contributed by atoms with Gasteiger partial charge in [0, 0.05) is 12.6 Å². The number of pyridine rings is 1. The van der Waals surface area contributed by atoms with Crippen LogP contribution >= 0.6 is 0 Å². The number of esters is 1. The summed E-state index contributed by atoms with van der Waals surface area (Å²) in [5.74, 6) is 0.451. The zero-order valence-corrected chi connectivity index (χ0v) is 12.3. The second-order valence-corrected chi connectivity index (χ2v) is 5.10. The van der Waals surface area contributed by atoms with Gasteiger partial charge in [-0.05, 0) is 38.7 Å². The minimum atomic E-state index is -0.376. The Hall–Kier alpha value is -1.78. The monoisotopic (exact) mass is 277 g/mol. The van der Waals surface area contributed by atoms with Crippen LogP contribution in [0, 0.1) is 0 Å². The van der Waals surface area contributed by atoms with E-state index in [1.165, 1.54) is 12.8 Å². The van der Waals surface area contributed by atoms with Crippen LogP contribution in [0.4, 0.5) is 11.5 Å². The molecule has 0 spiro atoms. The van der Waals surface area contributed by atoms with E-state index in [9.17, 15) is 4.79 Å². The molecule has 0 aliphatic carbocycles. The Morgan fingerprint density at radius 2 is 2.30 bits per heavy atom. The minimum Gasteiger partial charge on any atom is -0.462 e. The molecule has 2 rings (SSSR count). The maximum Gasteiger partial charge on any atom is 0.340 e. The van der Waals surface area contributed by atoms with Crippen molar-refractivity contribution in [2.75, 3.05) is 23.8 Å². The molecule has 1 saturated heterocycles. The topological polar surface area (TPSA) is 68.5 Å². The van der Waals surface area contributed by atoms with E-state index in [4.69, 9.17) is 10.5 Å². The largest absolute Gasteiger partial charge is 0.462 e. The molecular weight excluding hydrogens is 254 g/mol. The summed E-state index contributed by atoms with van der Waals surface area (Å²) in [6.45, 7) is 5.30. The van der Waals surface area contributed by atoms with Gasteiger partial charge in [-0.1, -0.05) is 6.92 Å². The Balaban J connectivity index is 2.28. The highest BCUT2D eigenvalue weighted by atomic mass is 16.5. The van der Waals surface area contributed by atoms with E-state index >= 15 is 0 Å². The van der Waals surface area contributed by atoms with Gasteiger partial charge in [-0.25, -0.2) is 9.78 Å². The standard InChI is InChI=1S/C15H23N3O2/c1-3-11-7-5-6-8-18(11)14-9-12(13(16)10-17-14)15(19)20-4-2/h9-11H,3-8,16H2,1-2H3. The summed E-state index contributed by atoms with van der Waals surface area (Å²) in [7, 11) is 0. The Kier molecular flexibility index (Phi) is 4.82. The molecule has 5 nitrogen and oxygen atoms in total. The van der Waals surface area contributed by atoms with Crippen LogP contribution in [0.1, 0.15) is 49.9 Å². The number of nitrogen functional groups attached to an aromatic ring is 1. The highest BCUT2D eigenvalue weighted by molar-refractivity contribution is 5.95. The molecule has 1 aliphatic rings. The van der Waals surface area contributed by atoms with E-state index in [0.29, 0.717) is 23.9 Å². The summed E-state index contributed by atoms with van der Waals surface area (Å²) < 4.78 is 5.04. The Morgan fingerprint density at radius 3 is 3.00 bits per heavy atom. The van der Waals surface area contributed by atoms with Gasteiger partial charge in [-0.2, -0.15) is 0 Å². The predicted molar refractivity (Wildman–Crippen MR) is 79.9 cm³/mol. The zero-order chi connectivity index (χ0) is 14.5. The maximum absolute atomic E-state index is 11.9. The number of carbonyl (C=O) groups is 1. The van der Waals surface area contributed by atoms with E-state index in [-0.39, 0.29) is 5.97 Å². The summed E-state index contributed by atoms with van der Waals surface area (Å²) in [4.78, 5) is 18.6. The minimum absolute atomic E-state index is 0.344. The van der Waals surface area contributed by atoms with Crippen LogP contribution in [0.15, 0.2) is 12.3 Å². The molecule has 1 aromatic heterocycles. The molecule has 1 aliphatic heterocycles. The van der Waals surface area contributed by atoms with Crippen molar-refractivity contribution in [2.24, 2.45) is 0 Å². The molecule has 1 unspecified atom stereocenters. The van der Waals surface area contributed by atoms with Crippen molar-refractivity contribution in [2.45, 2.75) is 45.6 Å². The molecule has 1 aromatic rings. The number of ether oxygens (including phenoxy) is 1. The van der Waals surface area contributed by atoms with Crippen molar-refractivity contribution in [1.82, 2.24) is 4.98 Å². The first-order chi connectivity index (χ1) is 9.67. The van der Waals surface area contributed by atoms with Crippen LogP contribution in [-0.4, -0.2) is 30.1 Å². The van der Waals surface area contributed by atoms with Gasteiger partial charge >= 0.3 is 5.97 Å². The lowest BCUT2D eigenvalue weighted by molar-refractivity contribution is 0.0527. The van der Waals surface area contributed by atoms with Gasteiger partial charge in [0.25, 0.3) is 0 Å². The molecular formula is C15H23N3O2. The summed E-state index contributed by atoms with van der Waals surface area (Å²) in [6.07, 6.45) is 6.24. The highest BCUT2D eigenvalue weighted by Gasteiger charge is 2.23. The third-order valence-corrected chi connectivity index (χ3v) is 3.81. The Bertz CT molecular complexity index is 476. The smallest absolute Gasteiger partial charge is 0.340 e. The first-order valence-corrected chi connectivity index (χ1v) is 7.36. The second kappa shape index (κ2) is 6.59. The maximum atomic E-state index is 11.9. The number of hydrogen-bond acceptors (Lipinski definition) is 5. The quantitative estimate of drug-likeness (QED) is 0.857. The fourth-order valence-electron chi connectivity index (χ4n) is 2.72. The molecule has 0 bridgehead atoms. The van der Waals surface area contributed by atoms with Crippen LogP contribution in [0.5, 0.6) is 0 Å². The SMILES string of the molecule is CCOC(=O)c1cc(N2CCCCC2CC)ncc1N. The number of carbonyl (C=O) groups excluding carboxylic acids is 1. The lowest BCUT2D eigenvalue weighted by atomic mass is 10.00. The Morgan fingerprint density at radius 1 is 1.50 bits per heavy atom. The van der Waals surface area contributed by atoms with Gasteiger partial charge < -0.3 is 15.4 Å². The Labute approximate surface area is 120 Å². The van der Waals surface area contributed by atoms with Gasteiger partial charge in [0.15, 0.2) is 0 Å². The van der Waals surface area contributed by atoms with E-state index in [1.807, 2.05) is 0 Å². The van der Waals surface area contributed by atoms with Crippen molar-refractivity contribution in [3.63, 3.8) is 0 Å². The van der Waals surface area contributed by atoms with Gasteiger partial charge in [0.1, 0.15) is 5.82 Å². The molecule has 0 amide bonds. The average molecular weight is 277 g/mol. The van der Waals surface area contributed by atoms with Gasteiger partial charge in [0.05, 0.1) is 24.1 Å². The van der Waals surface area contributed by atoms with Crippen LogP contribution < -0.4 is 10.6 Å². The predicted octanol–water partition coefficient (Wildman–Crippen LogP) is 2.61. The lowest BCUT2D eigenvalue weighted by Crippen LogP contribution is -2.39. The van der Waals surface area contributed by atoms with E-state index in [2.05, 4.69) is 16.8 Å². The summed E-state index contributed by atoms with van der Waals surface area (Å²) in [5.41, 5.74) is 6.62. The third-order valence-electron chi connectivity index (χ3n) is 3.81. The number of nitrogens with zero attached hydrogens (tertiary/aromatic N) is 2. The molecule has 5 heteroatoms. The van der Waals surface area contributed by atoms with Gasteiger partial charge in [0.2, 0.25) is 0 Å². The fourth-order valence-corrected chi connectivity index (χ4v) is 2.72. The van der Waals surface area contributed by atoms with Crippen molar-refractivity contribution in [3.05, 3.63) is 17.8 Å². The van der Waals surface area contributed by atoms with Crippen LogP contribution in [0.2, 0.25) is 0 Å². The summed E-state index contributed by atoms with van der Waals surface area (Å²) in [6, 6.07) is 2.26. The molecule has 1 atom stereocenters. The fraction of sp³-hybridized carbons (Fsp3) is 0.600. The molecule has 0 saturated carbocycles. The zero-order valence-electron chi connectivity index (χ0n) is 12.3. The van der Waals surface area contributed by atoms with Crippen molar-refractivity contribution >= 4 is 17.5 Å². The highest BCUT2D eigenvalue weighted by Crippen LogP contribution is 2.27. The molecule has 110 valence electrons. The first-order valence-electron chi connectivity index (χ1n) is 7.36. The van der Waals surface area contributed by atoms with Gasteiger partial charge in [-0.15, -0.1) is 0 Å². The summed E-state index contributed by atoms with van der Waals surface area (Å²) in [5, 5.41) is 0. The first kappa shape index (κ1) is 14.6. The molecule has 20 heavy (non-hydrogen) atoms. The van der Waals surface area contributed by atoms with E-state index < -0.39 is 0 Å². The van der Waals surface area contributed by atoms with Crippen molar-refractivity contribution in [3.8, 4) is 0 Å². The number of aromatic nitrogens is 1. The third kappa shape index (κ3) is 3.03. The number of hydrogen-bond donors (Lipinski definition) is 1. The number of nitrogens with two attached hydrogens (primary N) is 1. The molecule has 1 fully saturated rings. The van der Waals surface area contributed by atoms with Crippen LogP contribution in [0.25, 0.3) is 0 Å². The van der Waals surface area contributed by atoms with Crippen LogP contribution in [-0.2, 0) is 4.74 Å². The average Bonchev–Trinajstić information content (AvgIpc) is 2.48. The second-order valence-electron chi connectivity index (χ2n) is 5.10. The van der Waals surface area contributed by atoms with Gasteiger partial charge in [-0.3, -0.25) is 0 Å². The molecule has 0 aromatic carbocycles. The summed E-state index contributed by atoms with van der Waals surface area (Å²) >= 11 is 0. The lowest BCUT2D eigenvalue weighted by Gasteiger charge is -2.36. The van der Waals surface area contributed by atoms with E-state index in [1.54, 1.807) is 19.2 Å². The van der Waals surface area contributed by atoms with Crippen molar-refractivity contribution in [1.29, 1.82) is 0 Å². The van der Waals surface area contributed by atoms with Crippen molar-refractivity contribution < 1.29 is 9.53 Å².